The number of thiophene rings is 1. The van der Waals surface area contributed by atoms with Crippen molar-refractivity contribution >= 4 is 49.1 Å². The largest absolute Gasteiger partial charge is 0.338 e. The lowest BCUT2D eigenvalue weighted by atomic mass is 9.85. The maximum Gasteiger partial charge on any atom is 0.264 e. The van der Waals surface area contributed by atoms with E-state index in [1.54, 1.807) is 0 Å². The van der Waals surface area contributed by atoms with Crippen molar-refractivity contribution in [3.63, 3.8) is 0 Å². The number of halogens is 2. The molecule has 0 saturated carbocycles. The van der Waals surface area contributed by atoms with Gasteiger partial charge in [0.05, 0.1) is 8.66 Å². The van der Waals surface area contributed by atoms with Crippen molar-refractivity contribution in [2.75, 3.05) is 13.1 Å². The van der Waals surface area contributed by atoms with E-state index in [2.05, 4.69) is 45.7 Å². The summed E-state index contributed by atoms with van der Waals surface area (Å²) in [6, 6.07) is 1.91. The van der Waals surface area contributed by atoms with Crippen LogP contribution in [0, 0.1) is 5.41 Å². The summed E-state index contributed by atoms with van der Waals surface area (Å²) >= 11 is 8.38. The van der Waals surface area contributed by atoms with Crippen LogP contribution in [0.2, 0.25) is 0 Å². The minimum Gasteiger partial charge on any atom is -0.338 e. The van der Waals surface area contributed by atoms with Gasteiger partial charge in [-0.15, -0.1) is 11.3 Å². The Bertz CT molecular complexity index is 436. The summed E-state index contributed by atoms with van der Waals surface area (Å²) in [6.45, 7) is 6.34. The average Bonchev–Trinajstić information content (AvgIpc) is 2.52. The van der Waals surface area contributed by atoms with E-state index in [1.807, 2.05) is 11.0 Å². The predicted octanol–water partition coefficient (Wildman–Crippen LogP) is 4.93. The molecular formula is C13H17Br2NOS. The van der Waals surface area contributed by atoms with Crippen LogP contribution in [0.25, 0.3) is 0 Å². The highest BCUT2D eigenvalue weighted by Crippen LogP contribution is 2.34. The SMILES string of the molecule is CC1(C)CCCN(C(=O)c2cc(Br)c(Br)s2)CC1. The summed E-state index contributed by atoms with van der Waals surface area (Å²) in [6.07, 6.45) is 3.40. The number of likely N-dealkylation sites (tertiary alicyclic amines) is 1. The van der Waals surface area contributed by atoms with Crippen LogP contribution in [0.15, 0.2) is 14.3 Å². The number of carbonyl (C=O) groups is 1. The van der Waals surface area contributed by atoms with Crippen LogP contribution in [0.3, 0.4) is 0 Å². The van der Waals surface area contributed by atoms with Gasteiger partial charge in [0.25, 0.3) is 5.91 Å². The second-order valence-corrected chi connectivity index (χ2v) is 8.77. The Labute approximate surface area is 129 Å². The van der Waals surface area contributed by atoms with Crippen molar-refractivity contribution in [1.29, 1.82) is 0 Å². The number of hydrogen-bond donors (Lipinski definition) is 0. The molecule has 0 spiro atoms. The van der Waals surface area contributed by atoms with Gasteiger partial charge in [-0.25, -0.2) is 0 Å². The van der Waals surface area contributed by atoms with Crippen LogP contribution in [0.1, 0.15) is 42.8 Å². The standard InChI is InChI=1S/C13H17Br2NOS/c1-13(2)4-3-6-16(7-5-13)12(17)10-8-9(14)11(15)18-10/h8H,3-7H2,1-2H3. The third kappa shape index (κ3) is 3.36. The van der Waals surface area contributed by atoms with Gasteiger partial charge in [0.15, 0.2) is 0 Å². The zero-order chi connectivity index (χ0) is 13.3. The molecule has 18 heavy (non-hydrogen) atoms. The first-order valence-corrected chi connectivity index (χ1v) is 8.53. The molecule has 0 unspecified atom stereocenters. The molecule has 1 aliphatic rings. The van der Waals surface area contributed by atoms with E-state index in [1.165, 1.54) is 17.8 Å². The highest BCUT2D eigenvalue weighted by molar-refractivity contribution is 9.13. The number of amides is 1. The summed E-state index contributed by atoms with van der Waals surface area (Å²) in [7, 11) is 0. The topological polar surface area (TPSA) is 20.3 Å². The van der Waals surface area contributed by atoms with Crippen molar-refractivity contribution in [2.24, 2.45) is 5.41 Å². The van der Waals surface area contributed by atoms with Gasteiger partial charge in [-0.3, -0.25) is 4.79 Å². The lowest BCUT2D eigenvalue weighted by Crippen LogP contribution is -2.31. The predicted molar refractivity (Wildman–Crippen MR) is 83.3 cm³/mol. The van der Waals surface area contributed by atoms with E-state index in [0.29, 0.717) is 5.41 Å². The molecule has 1 aromatic rings. The number of hydrogen-bond acceptors (Lipinski definition) is 2. The first-order chi connectivity index (χ1) is 8.39. The molecule has 0 aromatic carbocycles. The van der Waals surface area contributed by atoms with Crippen LogP contribution in [-0.4, -0.2) is 23.9 Å². The summed E-state index contributed by atoms with van der Waals surface area (Å²) in [5.74, 6) is 0.170. The number of nitrogens with zero attached hydrogens (tertiary/aromatic N) is 1. The summed E-state index contributed by atoms with van der Waals surface area (Å²) < 4.78 is 1.95. The quantitative estimate of drug-likeness (QED) is 0.661. The Hall–Kier alpha value is 0.130. The van der Waals surface area contributed by atoms with Crippen molar-refractivity contribution in [3.8, 4) is 0 Å². The molecule has 0 radical (unpaired) electrons. The fourth-order valence-electron chi connectivity index (χ4n) is 2.23. The highest BCUT2D eigenvalue weighted by Gasteiger charge is 2.26. The first-order valence-electron chi connectivity index (χ1n) is 6.13. The molecule has 5 heteroatoms. The second-order valence-electron chi connectivity index (χ2n) is 5.54. The summed E-state index contributed by atoms with van der Waals surface area (Å²) in [5.41, 5.74) is 0.367. The van der Waals surface area contributed by atoms with E-state index in [9.17, 15) is 4.79 Å². The molecule has 100 valence electrons. The van der Waals surface area contributed by atoms with Crippen LogP contribution in [-0.2, 0) is 0 Å². The van der Waals surface area contributed by atoms with Gasteiger partial charge in [-0.2, -0.15) is 0 Å². The molecule has 1 aromatic heterocycles. The average molecular weight is 395 g/mol. The molecule has 1 amide bonds. The zero-order valence-corrected chi connectivity index (χ0v) is 14.6. The van der Waals surface area contributed by atoms with E-state index >= 15 is 0 Å². The Morgan fingerprint density at radius 3 is 2.67 bits per heavy atom. The van der Waals surface area contributed by atoms with Crippen LogP contribution in [0.5, 0.6) is 0 Å². The summed E-state index contributed by atoms with van der Waals surface area (Å²) in [4.78, 5) is 15.2. The monoisotopic (exact) mass is 393 g/mol. The minimum atomic E-state index is 0.170. The van der Waals surface area contributed by atoms with Gasteiger partial charge < -0.3 is 4.90 Å². The fraction of sp³-hybridized carbons (Fsp3) is 0.615. The maximum absolute atomic E-state index is 12.4. The Morgan fingerprint density at radius 1 is 1.33 bits per heavy atom. The normalized spacial score (nSPS) is 19.7. The van der Waals surface area contributed by atoms with Crippen molar-refractivity contribution in [2.45, 2.75) is 33.1 Å². The van der Waals surface area contributed by atoms with E-state index in [4.69, 9.17) is 0 Å². The van der Waals surface area contributed by atoms with Gasteiger partial charge >= 0.3 is 0 Å². The van der Waals surface area contributed by atoms with Gasteiger partial charge in [-0.05, 0) is 62.6 Å². The van der Waals surface area contributed by atoms with E-state index in [-0.39, 0.29) is 5.91 Å². The molecule has 1 aliphatic heterocycles. The Morgan fingerprint density at radius 2 is 2.06 bits per heavy atom. The molecule has 0 aliphatic carbocycles. The number of carbonyl (C=O) groups excluding carboxylic acids is 1. The van der Waals surface area contributed by atoms with Crippen LogP contribution in [0.4, 0.5) is 0 Å². The molecule has 2 heterocycles. The smallest absolute Gasteiger partial charge is 0.264 e. The van der Waals surface area contributed by atoms with Crippen LogP contribution >= 0.6 is 43.2 Å². The molecule has 2 nitrogen and oxygen atoms in total. The first kappa shape index (κ1) is 14.5. The molecule has 0 bridgehead atoms. The van der Waals surface area contributed by atoms with Crippen molar-refractivity contribution in [3.05, 3.63) is 19.2 Å². The van der Waals surface area contributed by atoms with E-state index < -0.39 is 0 Å². The molecular weight excluding hydrogens is 378 g/mol. The number of rotatable bonds is 1. The van der Waals surface area contributed by atoms with Gasteiger partial charge in [-0.1, -0.05) is 13.8 Å². The fourth-order valence-corrected chi connectivity index (χ4v) is 4.24. The third-order valence-corrected chi connectivity index (χ3v) is 6.73. The Balaban J connectivity index is 2.09. The molecule has 0 atom stereocenters. The van der Waals surface area contributed by atoms with Crippen LogP contribution < -0.4 is 0 Å². The van der Waals surface area contributed by atoms with Gasteiger partial charge in [0.2, 0.25) is 0 Å². The third-order valence-electron chi connectivity index (χ3n) is 3.48. The molecule has 1 saturated heterocycles. The van der Waals surface area contributed by atoms with Crippen molar-refractivity contribution < 1.29 is 4.79 Å². The lowest BCUT2D eigenvalue weighted by Gasteiger charge is -2.23. The second kappa shape index (κ2) is 5.63. The maximum atomic E-state index is 12.4. The molecule has 2 rings (SSSR count). The minimum absolute atomic E-state index is 0.170. The highest BCUT2D eigenvalue weighted by atomic mass is 79.9. The van der Waals surface area contributed by atoms with Gasteiger partial charge in [0.1, 0.15) is 0 Å². The lowest BCUT2D eigenvalue weighted by molar-refractivity contribution is 0.0762. The van der Waals surface area contributed by atoms with E-state index in [0.717, 1.165) is 39.1 Å². The summed E-state index contributed by atoms with van der Waals surface area (Å²) in [5, 5.41) is 0. The van der Waals surface area contributed by atoms with Crippen molar-refractivity contribution in [1.82, 2.24) is 4.90 Å². The molecule has 1 fully saturated rings. The van der Waals surface area contributed by atoms with Gasteiger partial charge in [0, 0.05) is 17.6 Å². The Kier molecular flexibility index (Phi) is 4.55. The molecule has 0 N–H and O–H groups in total. The zero-order valence-electron chi connectivity index (χ0n) is 10.6.